The van der Waals surface area contributed by atoms with Gasteiger partial charge in [0.25, 0.3) is 0 Å². The maximum atomic E-state index is 12.4. The standard InChI is InChI=1S/C20H21NO2S/c1-14(20(22)21-10-9-19-4-3-11-24-19)15-5-6-17-13-18(23-2)8-7-16(17)12-15/h3-8,11-14H,9-10H2,1-2H3,(H,21,22)/t14-/m1/s1. The summed E-state index contributed by atoms with van der Waals surface area (Å²) in [6.07, 6.45) is 0.883. The Morgan fingerprint density at radius 3 is 2.71 bits per heavy atom. The van der Waals surface area contributed by atoms with Gasteiger partial charge in [0.15, 0.2) is 0 Å². The van der Waals surface area contributed by atoms with Gasteiger partial charge in [0.05, 0.1) is 13.0 Å². The molecule has 4 heteroatoms. The van der Waals surface area contributed by atoms with Crippen LogP contribution in [0, 0.1) is 0 Å². The predicted molar refractivity (Wildman–Crippen MR) is 99.9 cm³/mol. The van der Waals surface area contributed by atoms with Gasteiger partial charge in [-0.3, -0.25) is 4.79 Å². The molecule has 0 saturated carbocycles. The Labute approximate surface area is 146 Å². The lowest BCUT2D eigenvalue weighted by molar-refractivity contribution is -0.122. The molecule has 124 valence electrons. The topological polar surface area (TPSA) is 38.3 Å². The lowest BCUT2D eigenvalue weighted by atomic mass is 9.97. The summed E-state index contributed by atoms with van der Waals surface area (Å²) in [6.45, 7) is 2.62. The third-order valence-corrected chi connectivity index (χ3v) is 5.15. The first-order valence-electron chi connectivity index (χ1n) is 8.05. The molecular weight excluding hydrogens is 318 g/mol. The summed E-state index contributed by atoms with van der Waals surface area (Å²) in [5.74, 6) is 0.744. The van der Waals surface area contributed by atoms with E-state index in [4.69, 9.17) is 4.74 Å². The molecule has 3 rings (SSSR count). The van der Waals surface area contributed by atoms with E-state index in [0.717, 1.165) is 28.5 Å². The van der Waals surface area contributed by atoms with Crippen LogP contribution in [0.4, 0.5) is 0 Å². The number of thiophene rings is 1. The molecule has 1 aromatic heterocycles. The molecule has 0 aliphatic carbocycles. The van der Waals surface area contributed by atoms with Gasteiger partial charge in [-0.15, -0.1) is 11.3 Å². The van der Waals surface area contributed by atoms with Gasteiger partial charge in [-0.25, -0.2) is 0 Å². The van der Waals surface area contributed by atoms with Crippen LogP contribution in [0.3, 0.4) is 0 Å². The van der Waals surface area contributed by atoms with Crippen LogP contribution in [0.15, 0.2) is 53.9 Å². The molecule has 1 atom stereocenters. The molecular formula is C20H21NO2S. The first kappa shape index (κ1) is 16.5. The Balaban J connectivity index is 1.66. The van der Waals surface area contributed by atoms with Crippen molar-refractivity contribution in [3.8, 4) is 5.75 Å². The SMILES string of the molecule is COc1ccc2cc([C@@H](C)C(=O)NCCc3cccs3)ccc2c1. The van der Waals surface area contributed by atoms with E-state index in [0.29, 0.717) is 6.54 Å². The fourth-order valence-corrected chi connectivity index (χ4v) is 3.42. The van der Waals surface area contributed by atoms with Gasteiger partial charge in [-0.1, -0.05) is 30.3 Å². The number of amides is 1. The van der Waals surface area contributed by atoms with Gasteiger partial charge >= 0.3 is 0 Å². The summed E-state index contributed by atoms with van der Waals surface area (Å²) >= 11 is 1.72. The Morgan fingerprint density at radius 1 is 1.17 bits per heavy atom. The highest BCUT2D eigenvalue weighted by molar-refractivity contribution is 7.09. The highest BCUT2D eigenvalue weighted by Crippen LogP contribution is 2.25. The normalized spacial score (nSPS) is 12.1. The summed E-state index contributed by atoms with van der Waals surface area (Å²) < 4.78 is 5.25. The van der Waals surface area contributed by atoms with Crippen molar-refractivity contribution < 1.29 is 9.53 Å². The minimum Gasteiger partial charge on any atom is -0.497 e. The second-order valence-electron chi connectivity index (χ2n) is 5.81. The zero-order valence-corrected chi connectivity index (χ0v) is 14.7. The maximum absolute atomic E-state index is 12.4. The summed E-state index contributed by atoms with van der Waals surface area (Å²) in [5.41, 5.74) is 1.03. The third-order valence-electron chi connectivity index (χ3n) is 4.22. The quantitative estimate of drug-likeness (QED) is 0.724. The second kappa shape index (κ2) is 7.49. The van der Waals surface area contributed by atoms with Crippen molar-refractivity contribution in [1.82, 2.24) is 5.32 Å². The Morgan fingerprint density at radius 2 is 1.96 bits per heavy atom. The number of carbonyl (C=O) groups is 1. The van der Waals surface area contributed by atoms with Crippen molar-refractivity contribution in [3.63, 3.8) is 0 Å². The molecule has 0 aliphatic heterocycles. The molecule has 0 bridgehead atoms. The van der Waals surface area contributed by atoms with Crippen molar-refractivity contribution in [2.75, 3.05) is 13.7 Å². The van der Waals surface area contributed by atoms with Crippen molar-refractivity contribution >= 4 is 28.0 Å². The number of rotatable bonds is 6. The molecule has 0 saturated heterocycles. The van der Waals surface area contributed by atoms with E-state index in [-0.39, 0.29) is 11.8 Å². The molecule has 1 heterocycles. The summed E-state index contributed by atoms with van der Waals surface area (Å²) in [7, 11) is 1.66. The number of nitrogens with one attached hydrogen (secondary N) is 1. The van der Waals surface area contributed by atoms with Crippen molar-refractivity contribution in [1.29, 1.82) is 0 Å². The van der Waals surface area contributed by atoms with Crippen LogP contribution in [0.25, 0.3) is 10.8 Å². The van der Waals surface area contributed by atoms with Crippen LogP contribution in [-0.2, 0) is 11.2 Å². The first-order chi connectivity index (χ1) is 11.7. The zero-order chi connectivity index (χ0) is 16.9. The molecule has 0 spiro atoms. The number of benzene rings is 2. The lowest BCUT2D eigenvalue weighted by Gasteiger charge is -2.13. The number of hydrogen-bond donors (Lipinski definition) is 1. The predicted octanol–water partition coefficient (Wildman–Crippen LogP) is 4.37. The number of methoxy groups -OCH3 is 1. The summed E-state index contributed by atoms with van der Waals surface area (Å²) in [5, 5.41) is 7.32. The molecule has 0 radical (unpaired) electrons. The Hall–Kier alpha value is -2.33. The average Bonchev–Trinajstić information content (AvgIpc) is 3.13. The van der Waals surface area contributed by atoms with Crippen molar-refractivity contribution in [2.45, 2.75) is 19.3 Å². The number of ether oxygens (including phenoxy) is 1. The molecule has 1 N–H and O–H groups in total. The first-order valence-corrected chi connectivity index (χ1v) is 8.93. The highest BCUT2D eigenvalue weighted by Gasteiger charge is 2.15. The van der Waals surface area contributed by atoms with E-state index in [1.165, 1.54) is 4.88 Å². The van der Waals surface area contributed by atoms with Crippen molar-refractivity contribution in [2.24, 2.45) is 0 Å². The van der Waals surface area contributed by atoms with Crippen LogP contribution < -0.4 is 10.1 Å². The van der Waals surface area contributed by atoms with Gasteiger partial charge < -0.3 is 10.1 Å². The van der Waals surface area contributed by atoms with Crippen LogP contribution in [0.1, 0.15) is 23.3 Å². The fraction of sp³-hybridized carbons (Fsp3) is 0.250. The van der Waals surface area contributed by atoms with E-state index < -0.39 is 0 Å². The van der Waals surface area contributed by atoms with Crippen LogP contribution in [0.2, 0.25) is 0 Å². The summed E-state index contributed by atoms with van der Waals surface area (Å²) in [4.78, 5) is 13.7. The summed E-state index contributed by atoms with van der Waals surface area (Å²) in [6, 6.07) is 16.3. The molecule has 3 aromatic rings. The van der Waals surface area contributed by atoms with Gasteiger partial charge in [-0.2, -0.15) is 0 Å². The molecule has 0 unspecified atom stereocenters. The minimum absolute atomic E-state index is 0.0689. The Kier molecular flexibility index (Phi) is 5.16. The molecule has 0 aliphatic rings. The van der Waals surface area contributed by atoms with E-state index in [9.17, 15) is 4.79 Å². The van der Waals surface area contributed by atoms with E-state index in [1.54, 1.807) is 18.4 Å². The smallest absolute Gasteiger partial charge is 0.227 e. The average molecular weight is 339 g/mol. The molecule has 24 heavy (non-hydrogen) atoms. The third kappa shape index (κ3) is 3.77. The molecule has 1 amide bonds. The van der Waals surface area contributed by atoms with Crippen LogP contribution in [0.5, 0.6) is 5.75 Å². The number of hydrogen-bond acceptors (Lipinski definition) is 3. The van der Waals surface area contributed by atoms with Gasteiger partial charge in [-0.05, 0) is 53.3 Å². The van der Waals surface area contributed by atoms with Gasteiger partial charge in [0, 0.05) is 11.4 Å². The van der Waals surface area contributed by atoms with E-state index in [1.807, 2.05) is 43.3 Å². The number of fused-ring (bicyclic) bond motifs is 1. The molecule has 0 fully saturated rings. The largest absolute Gasteiger partial charge is 0.497 e. The van der Waals surface area contributed by atoms with E-state index >= 15 is 0 Å². The Bertz CT molecular complexity index is 827. The minimum atomic E-state index is -0.167. The molecule has 3 nitrogen and oxygen atoms in total. The van der Waals surface area contributed by atoms with Gasteiger partial charge in [0.2, 0.25) is 5.91 Å². The second-order valence-corrected chi connectivity index (χ2v) is 6.85. The number of carbonyl (C=O) groups excluding carboxylic acids is 1. The van der Waals surface area contributed by atoms with Crippen LogP contribution >= 0.6 is 11.3 Å². The lowest BCUT2D eigenvalue weighted by Crippen LogP contribution is -2.29. The maximum Gasteiger partial charge on any atom is 0.227 e. The monoisotopic (exact) mass is 339 g/mol. The highest BCUT2D eigenvalue weighted by atomic mass is 32.1. The van der Waals surface area contributed by atoms with Gasteiger partial charge in [0.1, 0.15) is 5.75 Å². The van der Waals surface area contributed by atoms with Crippen molar-refractivity contribution in [3.05, 3.63) is 64.4 Å². The fourth-order valence-electron chi connectivity index (χ4n) is 2.71. The zero-order valence-electron chi connectivity index (χ0n) is 13.9. The van der Waals surface area contributed by atoms with E-state index in [2.05, 4.69) is 22.8 Å². The van der Waals surface area contributed by atoms with Crippen LogP contribution in [-0.4, -0.2) is 19.6 Å². The molecule has 2 aromatic carbocycles.